The van der Waals surface area contributed by atoms with E-state index >= 15 is 4.39 Å². The van der Waals surface area contributed by atoms with E-state index in [0.717, 1.165) is 62.3 Å². The first-order chi connectivity index (χ1) is 17.1. The summed E-state index contributed by atoms with van der Waals surface area (Å²) in [6.07, 6.45) is 5.49. The topological polar surface area (TPSA) is 90.3 Å². The van der Waals surface area contributed by atoms with Crippen molar-refractivity contribution in [3.63, 3.8) is 0 Å². The average molecular weight is 476 g/mol. The van der Waals surface area contributed by atoms with Gasteiger partial charge in [0.15, 0.2) is 5.82 Å². The van der Waals surface area contributed by atoms with Crippen LogP contribution in [0.4, 0.5) is 15.9 Å². The van der Waals surface area contributed by atoms with Crippen LogP contribution >= 0.6 is 0 Å². The van der Waals surface area contributed by atoms with Gasteiger partial charge in [0.25, 0.3) is 0 Å². The number of halogens is 1. The molecule has 1 aromatic carbocycles. The van der Waals surface area contributed by atoms with Gasteiger partial charge in [-0.05, 0) is 56.0 Å². The number of phenolic OH excluding ortho intramolecular Hbond substituents is 1. The Kier molecular flexibility index (Phi) is 5.72. The number of anilines is 2. The van der Waals surface area contributed by atoms with Crippen molar-refractivity contribution in [1.82, 2.24) is 25.7 Å². The van der Waals surface area contributed by atoms with E-state index in [9.17, 15) is 5.11 Å². The van der Waals surface area contributed by atoms with Crippen molar-refractivity contribution in [3.8, 4) is 28.3 Å². The average Bonchev–Trinajstić information content (AvgIpc) is 3.05. The number of hydrogen-bond acceptors (Lipinski definition) is 8. The Labute approximate surface area is 204 Å². The molecule has 8 nitrogen and oxygen atoms in total. The number of nitrogens with one attached hydrogen (secondary N) is 1. The molecule has 0 saturated carbocycles. The molecule has 3 aromatic rings. The predicted octanol–water partition coefficient (Wildman–Crippen LogP) is 3.57. The van der Waals surface area contributed by atoms with E-state index in [1.165, 1.54) is 0 Å². The van der Waals surface area contributed by atoms with Crippen molar-refractivity contribution in [2.24, 2.45) is 0 Å². The van der Waals surface area contributed by atoms with Gasteiger partial charge in [0.1, 0.15) is 11.9 Å². The second-order valence-corrected chi connectivity index (χ2v) is 9.90. The number of aromatic hydroxyl groups is 1. The first-order valence-corrected chi connectivity index (χ1v) is 12.5. The highest BCUT2D eigenvalue weighted by Crippen LogP contribution is 2.40. The number of fused-ring (bicyclic) bond motifs is 3. The maximum absolute atomic E-state index is 15.6. The largest absolute Gasteiger partial charge is 0.507 e. The lowest BCUT2D eigenvalue weighted by atomic mass is 9.82. The third kappa shape index (κ3) is 4.07. The molecule has 182 valence electrons. The summed E-state index contributed by atoms with van der Waals surface area (Å²) in [7, 11) is 2.04. The lowest BCUT2D eigenvalue weighted by molar-refractivity contribution is 0.104. The zero-order chi connectivity index (χ0) is 23.9. The Morgan fingerprint density at radius 1 is 1.03 bits per heavy atom. The molecule has 0 spiro atoms. The number of aromatic nitrogens is 4. The lowest BCUT2D eigenvalue weighted by Gasteiger charge is -2.47. The molecule has 2 bridgehead atoms. The molecule has 2 saturated heterocycles. The highest BCUT2D eigenvalue weighted by molar-refractivity contribution is 5.78. The van der Waals surface area contributed by atoms with E-state index in [4.69, 9.17) is 0 Å². The standard InChI is InChI=1S/C26H30FN7O/c1-33-11-4-12-34(22-14-17-5-2-6-20(29-17)25(22)27)26-23(33)15-21(31-32-26)18-9-8-16(13-24(18)35)19-7-3-10-28-30-19/h3,7-10,13,15,17,20,22,25,29,35H,2,4-6,11-12,14H2,1H3/t17-,20+,22-,25+/m0/s1. The number of piperidine rings is 2. The summed E-state index contributed by atoms with van der Waals surface area (Å²) in [4.78, 5) is 4.32. The van der Waals surface area contributed by atoms with E-state index in [0.29, 0.717) is 23.0 Å². The molecular weight excluding hydrogens is 445 g/mol. The van der Waals surface area contributed by atoms with Gasteiger partial charge in [-0.3, -0.25) is 0 Å². The molecule has 0 amide bonds. The van der Waals surface area contributed by atoms with Gasteiger partial charge >= 0.3 is 0 Å². The first-order valence-electron chi connectivity index (χ1n) is 12.5. The molecule has 0 radical (unpaired) electrons. The van der Waals surface area contributed by atoms with Crippen LogP contribution in [0.3, 0.4) is 0 Å². The van der Waals surface area contributed by atoms with Gasteiger partial charge in [-0.2, -0.15) is 10.2 Å². The zero-order valence-electron chi connectivity index (χ0n) is 19.8. The summed E-state index contributed by atoms with van der Waals surface area (Å²) in [6, 6.07) is 11.1. The Morgan fingerprint density at radius 3 is 2.77 bits per heavy atom. The van der Waals surface area contributed by atoms with E-state index in [2.05, 4.69) is 35.5 Å². The molecule has 3 aliphatic rings. The molecule has 5 heterocycles. The Morgan fingerprint density at radius 2 is 1.94 bits per heavy atom. The van der Waals surface area contributed by atoms with Crippen LogP contribution in [-0.4, -0.2) is 69.9 Å². The second kappa shape index (κ2) is 9.03. The van der Waals surface area contributed by atoms with Crippen molar-refractivity contribution in [2.75, 3.05) is 29.9 Å². The van der Waals surface area contributed by atoms with Gasteiger partial charge in [0.2, 0.25) is 0 Å². The van der Waals surface area contributed by atoms with Crippen LogP contribution < -0.4 is 15.1 Å². The molecule has 0 aliphatic carbocycles. The molecule has 2 fully saturated rings. The van der Waals surface area contributed by atoms with Crippen LogP contribution in [0.2, 0.25) is 0 Å². The van der Waals surface area contributed by atoms with Gasteiger partial charge < -0.3 is 20.2 Å². The van der Waals surface area contributed by atoms with E-state index in [1.54, 1.807) is 12.3 Å². The van der Waals surface area contributed by atoms with Crippen LogP contribution in [-0.2, 0) is 0 Å². The third-order valence-electron chi connectivity index (χ3n) is 7.67. The molecule has 3 aliphatic heterocycles. The highest BCUT2D eigenvalue weighted by atomic mass is 19.1. The summed E-state index contributed by atoms with van der Waals surface area (Å²) in [5, 5.41) is 31.5. The fourth-order valence-corrected chi connectivity index (χ4v) is 5.86. The van der Waals surface area contributed by atoms with E-state index < -0.39 is 6.17 Å². The number of nitrogens with zero attached hydrogens (tertiary/aromatic N) is 6. The van der Waals surface area contributed by atoms with Crippen molar-refractivity contribution >= 4 is 11.5 Å². The molecule has 0 unspecified atom stereocenters. The Hall–Kier alpha value is -3.33. The lowest BCUT2D eigenvalue weighted by Crippen LogP contribution is -2.62. The summed E-state index contributed by atoms with van der Waals surface area (Å²) < 4.78 is 15.6. The Balaban J connectivity index is 1.35. The van der Waals surface area contributed by atoms with Crippen LogP contribution in [0.1, 0.15) is 32.1 Å². The number of phenols is 1. The van der Waals surface area contributed by atoms with Crippen molar-refractivity contribution < 1.29 is 9.50 Å². The van der Waals surface area contributed by atoms with Crippen molar-refractivity contribution in [2.45, 2.75) is 56.4 Å². The van der Waals surface area contributed by atoms with Gasteiger partial charge in [-0.15, -0.1) is 10.2 Å². The minimum absolute atomic E-state index is 0.0751. The SMILES string of the molecule is CN1CCCN([C@H]2C[C@@H]3CCC[C@@H](N3)[C@H]2F)c2nnc(-c3ccc(-c4cccnn4)cc3O)cc21. The highest BCUT2D eigenvalue weighted by Gasteiger charge is 2.43. The number of benzene rings is 1. The smallest absolute Gasteiger partial charge is 0.175 e. The molecule has 6 rings (SSSR count). The number of rotatable bonds is 3. The third-order valence-corrected chi connectivity index (χ3v) is 7.67. The zero-order valence-corrected chi connectivity index (χ0v) is 19.8. The number of alkyl halides is 1. The second-order valence-electron chi connectivity index (χ2n) is 9.90. The van der Waals surface area contributed by atoms with Gasteiger partial charge in [-0.1, -0.05) is 12.5 Å². The minimum Gasteiger partial charge on any atom is -0.507 e. The molecule has 35 heavy (non-hydrogen) atoms. The summed E-state index contributed by atoms with van der Waals surface area (Å²) in [6.45, 7) is 1.61. The van der Waals surface area contributed by atoms with Gasteiger partial charge in [0, 0.05) is 49.5 Å². The van der Waals surface area contributed by atoms with Crippen molar-refractivity contribution in [3.05, 3.63) is 42.6 Å². The fraction of sp³-hybridized carbons (Fsp3) is 0.462. The summed E-state index contributed by atoms with van der Waals surface area (Å²) >= 11 is 0. The quantitative estimate of drug-likeness (QED) is 0.594. The summed E-state index contributed by atoms with van der Waals surface area (Å²) in [5.41, 5.74) is 3.55. The van der Waals surface area contributed by atoms with Crippen LogP contribution in [0.5, 0.6) is 5.75 Å². The monoisotopic (exact) mass is 475 g/mol. The predicted molar refractivity (Wildman–Crippen MR) is 133 cm³/mol. The normalized spacial score (nSPS) is 26.2. The number of hydrogen-bond donors (Lipinski definition) is 2. The van der Waals surface area contributed by atoms with Gasteiger partial charge in [0.05, 0.1) is 23.1 Å². The minimum atomic E-state index is -0.929. The van der Waals surface area contributed by atoms with Crippen LogP contribution in [0, 0.1) is 0 Å². The van der Waals surface area contributed by atoms with E-state index in [-0.39, 0.29) is 17.8 Å². The molecule has 9 heteroatoms. The summed E-state index contributed by atoms with van der Waals surface area (Å²) in [5.74, 6) is 0.836. The fourth-order valence-electron chi connectivity index (χ4n) is 5.86. The molecule has 2 aromatic heterocycles. The molecule has 2 N–H and O–H groups in total. The van der Waals surface area contributed by atoms with Crippen LogP contribution in [0.15, 0.2) is 42.6 Å². The maximum Gasteiger partial charge on any atom is 0.175 e. The van der Waals surface area contributed by atoms with Crippen molar-refractivity contribution in [1.29, 1.82) is 0 Å². The maximum atomic E-state index is 15.6. The van der Waals surface area contributed by atoms with E-state index in [1.807, 2.05) is 37.4 Å². The van der Waals surface area contributed by atoms with Gasteiger partial charge in [-0.25, -0.2) is 4.39 Å². The van der Waals surface area contributed by atoms with Crippen LogP contribution in [0.25, 0.3) is 22.5 Å². The molecule has 4 atom stereocenters. The first kappa shape index (κ1) is 22.2. The molecular formula is C26H30FN7O. The Bertz CT molecular complexity index is 1210.